The maximum Gasteiger partial charge on any atom is 0.258 e. The number of hydrogen-bond acceptors (Lipinski definition) is 5. The number of hydrogen-bond donors (Lipinski definition) is 1. The largest absolute Gasteiger partial charge is 0.399 e. The third-order valence-electron chi connectivity index (χ3n) is 3.25. The van der Waals surface area contributed by atoms with E-state index in [1.54, 1.807) is 0 Å². The second-order valence-electron chi connectivity index (χ2n) is 4.73. The summed E-state index contributed by atoms with van der Waals surface area (Å²) in [5, 5.41) is 4.02. The zero-order valence-electron chi connectivity index (χ0n) is 10.2. The van der Waals surface area contributed by atoms with Crippen LogP contribution in [0.2, 0.25) is 0 Å². The molecule has 1 unspecified atom stereocenters. The van der Waals surface area contributed by atoms with E-state index in [1.807, 2.05) is 31.2 Å². The lowest BCUT2D eigenvalue weighted by molar-refractivity contribution is 0.00768. The minimum atomic E-state index is -0.415. The number of nitrogens with two attached hydrogens (primary N) is 1. The fourth-order valence-corrected chi connectivity index (χ4v) is 2.18. The molecule has 0 spiro atoms. The molecule has 2 N–H and O–H groups in total. The number of rotatable bonds is 2. The van der Waals surface area contributed by atoms with Crippen LogP contribution in [0.4, 0.5) is 5.69 Å². The first-order valence-electron chi connectivity index (χ1n) is 6.01. The van der Waals surface area contributed by atoms with Gasteiger partial charge in [-0.05, 0) is 38.0 Å². The van der Waals surface area contributed by atoms with Crippen LogP contribution in [0.5, 0.6) is 0 Å². The Morgan fingerprint density at radius 3 is 3.00 bits per heavy atom. The summed E-state index contributed by atoms with van der Waals surface area (Å²) >= 11 is 0. The van der Waals surface area contributed by atoms with E-state index in [0.29, 0.717) is 17.4 Å². The van der Waals surface area contributed by atoms with Crippen LogP contribution in [0.1, 0.15) is 25.6 Å². The van der Waals surface area contributed by atoms with Gasteiger partial charge in [0.05, 0.1) is 0 Å². The number of nitrogens with zero attached hydrogens (tertiary/aromatic N) is 2. The molecule has 3 rings (SSSR count). The highest BCUT2D eigenvalue weighted by Gasteiger charge is 2.36. The van der Waals surface area contributed by atoms with Crippen LogP contribution < -0.4 is 5.73 Å². The van der Waals surface area contributed by atoms with Gasteiger partial charge in [0, 0.05) is 17.9 Å². The van der Waals surface area contributed by atoms with E-state index < -0.39 is 5.60 Å². The van der Waals surface area contributed by atoms with Crippen molar-refractivity contribution in [2.75, 3.05) is 12.3 Å². The molecule has 0 saturated carbocycles. The molecule has 1 saturated heterocycles. The van der Waals surface area contributed by atoms with Crippen molar-refractivity contribution in [1.82, 2.24) is 10.1 Å². The smallest absolute Gasteiger partial charge is 0.258 e. The number of aromatic nitrogens is 2. The molecule has 1 fully saturated rings. The highest BCUT2D eigenvalue weighted by molar-refractivity contribution is 5.59. The standard InChI is InChI=1S/C13H15N3O2/c1-13(6-3-7-17-13)12-15-11(18-16-12)9-4-2-5-10(14)8-9/h2,4-5,8H,3,6-7,14H2,1H3. The molecule has 94 valence electrons. The molecule has 0 amide bonds. The minimum absolute atomic E-state index is 0.415. The average molecular weight is 245 g/mol. The zero-order valence-corrected chi connectivity index (χ0v) is 10.2. The SMILES string of the molecule is CC1(c2noc(-c3cccc(N)c3)n2)CCCO1. The van der Waals surface area contributed by atoms with Gasteiger partial charge < -0.3 is 15.0 Å². The Balaban J connectivity index is 1.94. The summed E-state index contributed by atoms with van der Waals surface area (Å²) in [5.74, 6) is 1.09. The summed E-state index contributed by atoms with van der Waals surface area (Å²) < 4.78 is 11.0. The van der Waals surface area contributed by atoms with Crippen molar-refractivity contribution < 1.29 is 9.26 Å². The van der Waals surface area contributed by atoms with Crippen LogP contribution in [-0.4, -0.2) is 16.7 Å². The number of benzene rings is 1. The minimum Gasteiger partial charge on any atom is -0.399 e. The second kappa shape index (κ2) is 4.10. The monoisotopic (exact) mass is 245 g/mol. The van der Waals surface area contributed by atoms with Crippen molar-refractivity contribution in [3.05, 3.63) is 30.1 Å². The Kier molecular flexibility index (Phi) is 2.56. The molecule has 1 aromatic carbocycles. The van der Waals surface area contributed by atoms with Gasteiger partial charge in [-0.1, -0.05) is 11.2 Å². The molecular formula is C13H15N3O2. The highest BCUT2D eigenvalue weighted by Crippen LogP contribution is 2.34. The van der Waals surface area contributed by atoms with Crippen molar-refractivity contribution in [1.29, 1.82) is 0 Å². The predicted octanol–water partition coefficient (Wildman–Crippen LogP) is 2.34. The van der Waals surface area contributed by atoms with E-state index in [2.05, 4.69) is 10.1 Å². The Morgan fingerprint density at radius 1 is 1.39 bits per heavy atom. The molecule has 5 nitrogen and oxygen atoms in total. The topological polar surface area (TPSA) is 74.2 Å². The molecule has 0 aliphatic carbocycles. The fourth-order valence-electron chi connectivity index (χ4n) is 2.18. The fraction of sp³-hybridized carbons (Fsp3) is 0.385. The van der Waals surface area contributed by atoms with Crippen LogP contribution in [0, 0.1) is 0 Å². The first-order valence-corrected chi connectivity index (χ1v) is 6.01. The molecule has 5 heteroatoms. The van der Waals surface area contributed by atoms with E-state index in [9.17, 15) is 0 Å². The third kappa shape index (κ3) is 1.86. The predicted molar refractivity (Wildman–Crippen MR) is 66.7 cm³/mol. The summed E-state index contributed by atoms with van der Waals surface area (Å²) in [5.41, 5.74) is 6.83. The van der Waals surface area contributed by atoms with Gasteiger partial charge in [-0.3, -0.25) is 0 Å². The van der Waals surface area contributed by atoms with Gasteiger partial charge in [0.25, 0.3) is 5.89 Å². The Hall–Kier alpha value is -1.88. The number of anilines is 1. The third-order valence-corrected chi connectivity index (χ3v) is 3.25. The number of ether oxygens (including phenoxy) is 1. The Labute approximate surface area is 105 Å². The normalized spacial score (nSPS) is 23.4. The Morgan fingerprint density at radius 2 is 2.28 bits per heavy atom. The van der Waals surface area contributed by atoms with Gasteiger partial charge in [-0.25, -0.2) is 0 Å². The lowest BCUT2D eigenvalue weighted by Crippen LogP contribution is -2.21. The van der Waals surface area contributed by atoms with Gasteiger partial charge in [0.1, 0.15) is 5.60 Å². The summed E-state index contributed by atoms with van der Waals surface area (Å²) in [6, 6.07) is 7.39. The first kappa shape index (κ1) is 11.2. The molecule has 1 aromatic heterocycles. The van der Waals surface area contributed by atoms with Crippen LogP contribution in [0.15, 0.2) is 28.8 Å². The van der Waals surface area contributed by atoms with E-state index in [0.717, 1.165) is 25.0 Å². The van der Waals surface area contributed by atoms with Gasteiger partial charge in [0.15, 0.2) is 0 Å². The summed E-state index contributed by atoms with van der Waals surface area (Å²) in [7, 11) is 0. The average Bonchev–Trinajstić information content (AvgIpc) is 2.98. The van der Waals surface area contributed by atoms with Crippen LogP contribution in [-0.2, 0) is 10.3 Å². The van der Waals surface area contributed by atoms with Crippen LogP contribution >= 0.6 is 0 Å². The van der Waals surface area contributed by atoms with Gasteiger partial charge >= 0.3 is 0 Å². The molecule has 1 atom stereocenters. The van der Waals surface area contributed by atoms with E-state index in [1.165, 1.54) is 0 Å². The van der Waals surface area contributed by atoms with Crippen molar-refractivity contribution in [2.45, 2.75) is 25.4 Å². The van der Waals surface area contributed by atoms with Crippen molar-refractivity contribution in [3.63, 3.8) is 0 Å². The molecule has 0 radical (unpaired) electrons. The van der Waals surface area contributed by atoms with E-state index in [4.69, 9.17) is 15.0 Å². The maximum absolute atomic E-state index is 5.74. The lowest BCUT2D eigenvalue weighted by Gasteiger charge is -2.17. The van der Waals surface area contributed by atoms with E-state index >= 15 is 0 Å². The van der Waals surface area contributed by atoms with Gasteiger partial charge in [0.2, 0.25) is 5.82 Å². The molecule has 1 aliphatic heterocycles. The maximum atomic E-state index is 5.74. The number of nitrogen functional groups attached to an aromatic ring is 1. The highest BCUT2D eigenvalue weighted by atomic mass is 16.5. The van der Waals surface area contributed by atoms with E-state index in [-0.39, 0.29) is 0 Å². The van der Waals surface area contributed by atoms with Crippen molar-refractivity contribution in [3.8, 4) is 11.5 Å². The Bertz CT molecular complexity index is 559. The molecule has 1 aliphatic rings. The molecule has 2 aromatic rings. The first-order chi connectivity index (χ1) is 8.67. The summed E-state index contributed by atoms with van der Waals surface area (Å²) in [4.78, 5) is 4.42. The molecule has 18 heavy (non-hydrogen) atoms. The van der Waals surface area contributed by atoms with Crippen LogP contribution in [0.3, 0.4) is 0 Å². The zero-order chi connectivity index (χ0) is 12.6. The lowest BCUT2D eigenvalue weighted by atomic mass is 10.0. The second-order valence-corrected chi connectivity index (χ2v) is 4.73. The summed E-state index contributed by atoms with van der Waals surface area (Å²) in [6.07, 6.45) is 1.95. The quantitative estimate of drug-likeness (QED) is 0.822. The molecular weight excluding hydrogens is 230 g/mol. The van der Waals surface area contributed by atoms with Crippen LogP contribution in [0.25, 0.3) is 11.5 Å². The van der Waals surface area contributed by atoms with Gasteiger partial charge in [-0.15, -0.1) is 0 Å². The summed E-state index contributed by atoms with van der Waals surface area (Å²) in [6.45, 7) is 2.74. The molecule has 2 heterocycles. The van der Waals surface area contributed by atoms with Gasteiger partial charge in [-0.2, -0.15) is 4.98 Å². The van der Waals surface area contributed by atoms with Crippen molar-refractivity contribution in [2.24, 2.45) is 0 Å². The van der Waals surface area contributed by atoms with Crippen molar-refractivity contribution >= 4 is 5.69 Å². The molecule has 0 bridgehead atoms.